The number of hydrogen-bond acceptors (Lipinski definition) is 2. The molecule has 0 aliphatic carbocycles. The summed E-state index contributed by atoms with van der Waals surface area (Å²) < 4.78 is 43.1. The van der Waals surface area contributed by atoms with Crippen molar-refractivity contribution in [3.05, 3.63) is 34.9 Å². The second-order valence-corrected chi connectivity index (χ2v) is 4.17. The first-order chi connectivity index (χ1) is 8.82. The number of rotatable bonds is 2. The van der Waals surface area contributed by atoms with E-state index in [-0.39, 0.29) is 35.3 Å². The van der Waals surface area contributed by atoms with Crippen LogP contribution in [0.4, 0.5) is 13.2 Å². The Bertz CT molecular complexity index is 552. The minimum absolute atomic E-state index is 0. The third kappa shape index (κ3) is 3.37. The van der Waals surface area contributed by atoms with Crippen molar-refractivity contribution in [2.24, 2.45) is 0 Å². The van der Waals surface area contributed by atoms with E-state index in [1.54, 1.807) is 12.1 Å². The third-order valence-corrected chi connectivity index (χ3v) is 2.86. The van der Waals surface area contributed by atoms with E-state index in [0.717, 1.165) is 11.6 Å². The molecule has 0 fully saturated rings. The number of alkyl halides is 3. The molecular weight excluding hydrogens is 284 g/mol. The molecule has 0 saturated carbocycles. The molecule has 0 spiro atoms. The fraction of sp³-hybridized carbons (Fsp3) is 0.308. The van der Waals surface area contributed by atoms with Gasteiger partial charge in [-0.05, 0) is 30.2 Å². The number of benzene rings is 1. The van der Waals surface area contributed by atoms with Gasteiger partial charge in [0.05, 0.1) is 5.57 Å². The summed E-state index contributed by atoms with van der Waals surface area (Å²) in [6.45, 7) is 1.89. The molecular formula is C13H11F3NaO3. The molecule has 1 atom stereocenters. The number of aryl methyl sites for hydroxylation is 1. The SMILES string of the molecule is CCc1ccc2c(c1)C=C(C(=O)O)[C@H](C(F)(F)F)O2.[Na]. The summed E-state index contributed by atoms with van der Waals surface area (Å²) in [6, 6.07) is 4.72. The van der Waals surface area contributed by atoms with Gasteiger partial charge < -0.3 is 9.84 Å². The molecule has 103 valence electrons. The van der Waals surface area contributed by atoms with E-state index >= 15 is 0 Å². The minimum atomic E-state index is -4.76. The normalized spacial score (nSPS) is 17.4. The van der Waals surface area contributed by atoms with Crippen LogP contribution in [0.15, 0.2) is 23.8 Å². The summed E-state index contributed by atoms with van der Waals surface area (Å²) in [7, 11) is 0. The second kappa shape index (κ2) is 6.20. The minimum Gasteiger partial charge on any atom is -0.478 e. The Balaban J connectivity index is 0.00000200. The Labute approximate surface area is 135 Å². The van der Waals surface area contributed by atoms with E-state index in [0.29, 0.717) is 12.0 Å². The summed E-state index contributed by atoms with van der Waals surface area (Å²) in [6.07, 6.45) is -5.46. The van der Waals surface area contributed by atoms with Gasteiger partial charge in [0.25, 0.3) is 0 Å². The summed E-state index contributed by atoms with van der Waals surface area (Å²) in [5.41, 5.74) is 0.458. The van der Waals surface area contributed by atoms with Gasteiger partial charge in [-0.15, -0.1) is 0 Å². The number of carbonyl (C=O) groups is 1. The van der Waals surface area contributed by atoms with Crippen LogP contribution in [0, 0.1) is 0 Å². The molecule has 1 N–H and O–H groups in total. The fourth-order valence-corrected chi connectivity index (χ4v) is 1.89. The van der Waals surface area contributed by atoms with Crippen molar-refractivity contribution in [3.63, 3.8) is 0 Å². The molecule has 1 aromatic carbocycles. The third-order valence-electron chi connectivity index (χ3n) is 2.86. The molecule has 0 aromatic heterocycles. The monoisotopic (exact) mass is 295 g/mol. The maximum absolute atomic E-state index is 12.8. The van der Waals surface area contributed by atoms with Crippen LogP contribution in [0.2, 0.25) is 0 Å². The molecule has 7 heteroatoms. The molecule has 0 bridgehead atoms. The molecule has 1 aliphatic heterocycles. The summed E-state index contributed by atoms with van der Waals surface area (Å²) in [4.78, 5) is 10.9. The quantitative estimate of drug-likeness (QED) is 0.853. The van der Waals surface area contributed by atoms with E-state index in [1.165, 1.54) is 6.07 Å². The van der Waals surface area contributed by atoms with Gasteiger partial charge in [-0.3, -0.25) is 0 Å². The Hall–Kier alpha value is -0.980. The Morgan fingerprint density at radius 3 is 2.55 bits per heavy atom. The van der Waals surface area contributed by atoms with Crippen molar-refractivity contribution in [1.29, 1.82) is 0 Å². The topological polar surface area (TPSA) is 46.5 Å². The molecule has 1 aromatic rings. The fourth-order valence-electron chi connectivity index (χ4n) is 1.89. The summed E-state index contributed by atoms with van der Waals surface area (Å²) in [5, 5.41) is 8.88. The average molecular weight is 295 g/mol. The van der Waals surface area contributed by atoms with Crippen LogP contribution in [0.25, 0.3) is 6.08 Å². The molecule has 1 aliphatic rings. The van der Waals surface area contributed by atoms with Crippen LogP contribution < -0.4 is 4.74 Å². The number of hydrogen-bond donors (Lipinski definition) is 1. The number of carboxylic acids is 1. The van der Waals surface area contributed by atoms with Crippen molar-refractivity contribution in [3.8, 4) is 5.75 Å². The van der Waals surface area contributed by atoms with Crippen LogP contribution in [0.3, 0.4) is 0 Å². The van der Waals surface area contributed by atoms with E-state index in [4.69, 9.17) is 9.84 Å². The van der Waals surface area contributed by atoms with Gasteiger partial charge in [-0.2, -0.15) is 13.2 Å². The maximum Gasteiger partial charge on any atom is 0.430 e. The first kappa shape index (κ1) is 17.1. The molecule has 0 amide bonds. The van der Waals surface area contributed by atoms with E-state index in [1.807, 2.05) is 6.92 Å². The molecule has 20 heavy (non-hydrogen) atoms. The Morgan fingerprint density at radius 2 is 2.05 bits per heavy atom. The first-order valence-corrected chi connectivity index (χ1v) is 5.64. The van der Waals surface area contributed by atoms with Gasteiger partial charge in [-0.1, -0.05) is 13.0 Å². The Morgan fingerprint density at radius 1 is 1.40 bits per heavy atom. The van der Waals surface area contributed by atoms with Gasteiger partial charge in [0.15, 0.2) is 0 Å². The number of halogens is 3. The zero-order valence-corrected chi connectivity index (χ0v) is 13.0. The smallest absolute Gasteiger partial charge is 0.430 e. The van der Waals surface area contributed by atoms with Crippen molar-refractivity contribution in [2.45, 2.75) is 25.6 Å². The molecule has 0 unspecified atom stereocenters. The average Bonchev–Trinajstić information content (AvgIpc) is 2.35. The second-order valence-electron chi connectivity index (χ2n) is 4.17. The number of fused-ring (bicyclic) bond motifs is 1. The van der Waals surface area contributed by atoms with Gasteiger partial charge in [-0.25, -0.2) is 4.79 Å². The zero-order chi connectivity index (χ0) is 14.2. The number of carboxylic acid groups (broad SMARTS) is 1. The molecule has 0 saturated heterocycles. The van der Waals surface area contributed by atoms with Gasteiger partial charge in [0, 0.05) is 35.1 Å². The van der Waals surface area contributed by atoms with Gasteiger partial charge in [0.2, 0.25) is 6.10 Å². The predicted molar refractivity (Wildman–Crippen MR) is 67.7 cm³/mol. The standard InChI is InChI=1S/C13H11F3O3.Na/c1-2-7-3-4-10-8(5-7)6-9(12(17)18)11(19-10)13(14,15)16;/h3-6,11H,2H2,1H3,(H,17,18);/t11-;/m1./s1. The van der Waals surface area contributed by atoms with Crippen LogP contribution in [0.5, 0.6) is 5.75 Å². The maximum atomic E-state index is 12.8. The Kier molecular flexibility index (Phi) is 5.29. The van der Waals surface area contributed by atoms with Crippen LogP contribution in [0.1, 0.15) is 18.1 Å². The van der Waals surface area contributed by atoms with E-state index in [2.05, 4.69) is 0 Å². The molecule has 1 heterocycles. The molecule has 2 rings (SSSR count). The van der Waals surface area contributed by atoms with E-state index < -0.39 is 23.8 Å². The summed E-state index contributed by atoms with van der Waals surface area (Å²) >= 11 is 0. The van der Waals surface area contributed by atoms with Gasteiger partial charge in [0.1, 0.15) is 5.75 Å². The van der Waals surface area contributed by atoms with Crippen LogP contribution in [-0.2, 0) is 11.2 Å². The van der Waals surface area contributed by atoms with Crippen LogP contribution in [-0.4, -0.2) is 52.9 Å². The largest absolute Gasteiger partial charge is 0.478 e. The number of ether oxygens (including phenoxy) is 1. The molecule has 3 nitrogen and oxygen atoms in total. The first-order valence-electron chi connectivity index (χ1n) is 5.64. The van der Waals surface area contributed by atoms with Crippen molar-refractivity contribution in [1.82, 2.24) is 0 Å². The summed E-state index contributed by atoms with van der Waals surface area (Å²) in [5.74, 6) is -1.58. The zero-order valence-electron chi connectivity index (χ0n) is 11.0. The van der Waals surface area contributed by atoms with E-state index in [9.17, 15) is 18.0 Å². The van der Waals surface area contributed by atoms with Crippen molar-refractivity contribution in [2.75, 3.05) is 0 Å². The molecule has 1 radical (unpaired) electrons. The van der Waals surface area contributed by atoms with Crippen molar-refractivity contribution >= 4 is 41.6 Å². The van der Waals surface area contributed by atoms with Crippen molar-refractivity contribution < 1.29 is 27.8 Å². The predicted octanol–water partition coefficient (Wildman–Crippen LogP) is 2.66. The van der Waals surface area contributed by atoms with Gasteiger partial charge >= 0.3 is 12.1 Å². The van der Waals surface area contributed by atoms with Crippen LogP contribution >= 0.6 is 0 Å². The number of aliphatic carboxylic acids is 1.